The summed E-state index contributed by atoms with van der Waals surface area (Å²) < 4.78 is 0. The predicted octanol–water partition coefficient (Wildman–Crippen LogP) is -0.430. The van der Waals surface area contributed by atoms with Gasteiger partial charge in [0.15, 0.2) is 0 Å². The highest BCUT2D eigenvalue weighted by molar-refractivity contribution is 5.73. The standard InChI is InChI=1S/C7H16N2O2/c1-2-7(11)9-5-3-4-6(8)10/h7,9,11H,2-5H2,1H3,(H2,8,10). The molecular formula is C7H16N2O2. The summed E-state index contributed by atoms with van der Waals surface area (Å²) in [6.45, 7) is 2.52. The third-order valence-corrected chi connectivity index (χ3v) is 1.37. The van der Waals surface area contributed by atoms with Crippen molar-refractivity contribution in [2.45, 2.75) is 32.4 Å². The number of nitrogens with one attached hydrogen (secondary N) is 1. The van der Waals surface area contributed by atoms with Crippen molar-refractivity contribution in [3.63, 3.8) is 0 Å². The summed E-state index contributed by atoms with van der Waals surface area (Å²) in [4.78, 5) is 10.2. The number of hydrogen-bond donors (Lipinski definition) is 3. The van der Waals surface area contributed by atoms with E-state index >= 15 is 0 Å². The van der Waals surface area contributed by atoms with Crippen LogP contribution in [0.5, 0.6) is 0 Å². The number of primary amides is 1. The Kier molecular flexibility index (Phi) is 5.78. The first kappa shape index (κ1) is 10.4. The molecule has 0 saturated carbocycles. The molecular weight excluding hydrogens is 144 g/mol. The van der Waals surface area contributed by atoms with Crippen LogP contribution in [-0.4, -0.2) is 23.8 Å². The van der Waals surface area contributed by atoms with E-state index in [1.807, 2.05) is 6.92 Å². The molecule has 0 aromatic heterocycles. The highest BCUT2D eigenvalue weighted by atomic mass is 16.3. The lowest BCUT2D eigenvalue weighted by molar-refractivity contribution is -0.118. The predicted molar refractivity (Wildman–Crippen MR) is 42.7 cm³/mol. The van der Waals surface area contributed by atoms with Gasteiger partial charge in [-0.15, -0.1) is 0 Å². The minimum Gasteiger partial charge on any atom is -0.379 e. The molecule has 0 aliphatic rings. The van der Waals surface area contributed by atoms with Gasteiger partial charge >= 0.3 is 0 Å². The molecule has 0 aliphatic heterocycles. The molecule has 0 aromatic rings. The Balaban J connectivity index is 3.08. The lowest BCUT2D eigenvalue weighted by Crippen LogP contribution is -2.29. The number of rotatable bonds is 6. The molecule has 0 aliphatic carbocycles. The average molecular weight is 160 g/mol. The van der Waals surface area contributed by atoms with Crippen LogP contribution in [0, 0.1) is 0 Å². The van der Waals surface area contributed by atoms with Gasteiger partial charge in [-0.3, -0.25) is 10.1 Å². The Morgan fingerprint density at radius 2 is 2.36 bits per heavy atom. The van der Waals surface area contributed by atoms with E-state index in [1.54, 1.807) is 0 Å². The van der Waals surface area contributed by atoms with Gasteiger partial charge in [-0.1, -0.05) is 6.92 Å². The number of carbonyl (C=O) groups is 1. The molecule has 0 aromatic carbocycles. The molecule has 1 atom stereocenters. The van der Waals surface area contributed by atoms with Crippen molar-refractivity contribution in [1.29, 1.82) is 0 Å². The van der Waals surface area contributed by atoms with Crippen molar-refractivity contribution in [3.8, 4) is 0 Å². The number of aliphatic hydroxyl groups is 1. The molecule has 4 heteroatoms. The van der Waals surface area contributed by atoms with Crippen LogP contribution in [0.25, 0.3) is 0 Å². The molecule has 0 saturated heterocycles. The summed E-state index contributed by atoms with van der Waals surface area (Å²) in [5, 5.41) is 11.8. The van der Waals surface area contributed by atoms with Crippen LogP contribution in [0.4, 0.5) is 0 Å². The van der Waals surface area contributed by atoms with Gasteiger partial charge in [-0.2, -0.15) is 0 Å². The fourth-order valence-corrected chi connectivity index (χ4v) is 0.676. The van der Waals surface area contributed by atoms with Gasteiger partial charge in [0, 0.05) is 6.42 Å². The molecule has 0 bridgehead atoms. The van der Waals surface area contributed by atoms with Crippen molar-refractivity contribution in [3.05, 3.63) is 0 Å². The number of aliphatic hydroxyl groups excluding tert-OH is 1. The second-order valence-electron chi connectivity index (χ2n) is 2.45. The largest absolute Gasteiger partial charge is 0.379 e. The first-order chi connectivity index (χ1) is 5.16. The molecule has 1 amide bonds. The van der Waals surface area contributed by atoms with Crippen molar-refractivity contribution in [2.75, 3.05) is 6.54 Å². The van der Waals surface area contributed by atoms with Crippen LogP contribution in [0.15, 0.2) is 0 Å². The number of hydrogen-bond acceptors (Lipinski definition) is 3. The van der Waals surface area contributed by atoms with Gasteiger partial charge in [0.1, 0.15) is 6.23 Å². The quantitative estimate of drug-likeness (QED) is 0.364. The Morgan fingerprint density at radius 3 is 2.82 bits per heavy atom. The molecule has 0 rings (SSSR count). The lowest BCUT2D eigenvalue weighted by atomic mass is 10.3. The minimum atomic E-state index is -0.456. The van der Waals surface area contributed by atoms with Crippen LogP contribution >= 0.6 is 0 Å². The van der Waals surface area contributed by atoms with E-state index in [4.69, 9.17) is 10.8 Å². The second-order valence-corrected chi connectivity index (χ2v) is 2.45. The molecule has 0 radical (unpaired) electrons. The summed E-state index contributed by atoms with van der Waals surface area (Å²) in [6.07, 6.45) is 1.29. The highest BCUT2D eigenvalue weighted by Gasteiger charge is 1.98. The third kappa shape index (κ3) is 7.29. The fraction of sp³-hybridized carbons (Fsp3) is 0.857. The van der Waals surface area contributed by atoms with Crippen molar-refractivity contribution >= 4 is 5.91 Å². The number of carbonyl (C=O) groups excluding carboxylic acids is 1. The number of amides is 1. The molecule has 4 nitrogen and oxygen atoms in total. The Bertz CT molecular complexity index is 117. The topological polar surface area (TPSA) is 75.3 Å². The summed E-state index contributed by atoms with van der Waals surface area (Å²) >= 11 is 0. The molecule has 1 unspecified atom stereocenters. The molecule has 11 heavy (non-hydrogen) atoms. The Labute approximate surface area is 66.8 Å². The van der Waals surface area contributed by atoms with E-state index in [9.17, 15) is 4.79 Å². The normalized spacial score (nSPS) is 12.9. The van der Waals surface area contributed by atoms with Crippen LogP contribution in [0.2, 0.25) is 0 Å². The van der Waals surface area contributed by atoms with Crippen molar-refractivity contribution < 1.29 is 9.90 Å². The molecule has 0 heterocycles. The summed E-state index contributed by atoms with van der Waals surface area (Å²) in [5.41, 5.74) is 4.91. The van der Waals surface area contributed by atoms with E-state index in [-0.39, 0.29) is 5.91 Å². The Hall–Kier alpha value is -0.610. The van der Waals surface area contributed by atoms with E-state index in [2.05, 4.69) is 5.32 Å². The van der Waals surface area contributed by atoms with Crippen LogP contribution in [0.3, 0.4) is 0 Å². The molecule has 0 spiro atoms. The van der Waals surface area contributed by atoms with Gasteiger partial charge in [-0.25, -0.2) is 0 Å². The summed E-state index contributed by atoms with van der Waals surface area (Å²) in [5.74, 6) is -0.294. The molecule has 0 fully saturated rings. The maximum atomic E-state index is 10.2. The van der Waals surface area contributed by atoms with Crippen LogP contribution < -0.4 is 11.1 Å². The highest BCUT2D eigenvalue weighted by Crippen LogP contribution is 1.87. The first-order valence-electron chi connectivity index (χ1n) is 3.86. The zero-order chi connectivity index (χ0) is 8.69. The molecule has 4 N–H and O–H groups in total. The zero-order valence-corrected chi connectivity index (χ0v) is 6.84. The fourth-order valence-electron chi connectivity index (χ4n) is 0.676. The van der Waals surface area contributed by atoms with Gasteiger partial charge in [0.25, 0.3) is 0 Å². The number of nitrogens with two attached hydrogens (primary N) is 1. The van der Waals surface area contributed by atoms with E-state index in [1.165, 1.54) is 0 Å². The monoisotopic (exact) mass is 160 g/mol. The maximum Gasteiger partial charge on any atom is 0.217 e. The lowest BCUT2D eigenvalue weighted by Gasteiger charge is -2.08. The van der Waals surface area contributed by atoms with E-state index in [0.717, 1.165) is 0 Å². The molecule has 66 valence electrons. The van der Waals surface area contributed by atoms with Gasteiger partial charge < -0.3 is 10.8 Å². The van der Waals surface area contributed by atoms with Crippen molar-refractivity contribution in [1.82, 2.24) is 5.32 Å². The SMILES string of the molecule is CCC(O)NCCCC(N)=O. The van der Waals surface area contributed by atoms with Gasteiger partial charge in [0.05, 0.1) is 0 Å². The van der Waals surface area contributed by atoms with Gasteiger partial charge in [-0.05, 0) is 19.4 Å². The van der Waals surface area contributed by atoms with Crippen LogP contribution in [0.1, 0.15) is 26.2 Å². The average Bonchev–Trinajstić information content (AvgIpc) is 1.97. The second kappa shape index (κ2) is 6.12. The van der Waals surface area contributed by atoms with Gasteiger partial charge in [0.2, 0.25) is 5.91 Å². The van der Waals surface area contributed by atoms with Crippen molar-refractivity contribution in [2.24, 2.45) is 5.73 Å². The van der Waals surface area contributed by atoms with E-state index < -0.39 is 6.23 Å². The summed E-state index contributed by atoms with van der Waals surface area (Å²) in [6, 6.07) is 0. The summed E-state index contributed by atoms with van der Waals surface area (Å²) in [7, 11) is 0. The smallest absolute Gasteiger partial charge is 0.217 e. The van der Waals surface area contributed by atoms with E-state index in [0.29, 0.717) is 25.8 Å². The first-order valence-corrected chi connectivity index (χ1v) is 3.86. The Morgan fingerprint density at radius 1 is 1.73 bits per heavy atom. The maximum absolute atomic E-state index is 10.2. The minimum absolute atomic E-state index is 0.294. The van der Waals surface area contributed by atoms with Crippen LogP contribution in [-0.2, 0) is 4.79 Å². The third-order valence-electron chi connectivity index (χ3n) is 1.37. The zero-order valence-electron chi connectivity index (χ0n) is 6.84.